The fraction of sp³-hybridized carbons (Fsp3) is 0.231. The molecule has 0 aliphatic heterocycles. The summed E-state index contributed by atoms with van der Waals surface area (Å²) in [7, 11) is 0. The minimum absolute atomic E-state index is 0.478. The molecule has 4 nitrogen and oxygen atoms in total. The van der Waals surface area contributed by atoms with E-state index in [0.29, 0.717) is 22.5 Å². The number of aryl methyl sites for hydroxylation is 1. The van der Waals surface area contributed by atoms with E-state index in [-0.39, 0.29) is 0 Å². The van der Waals surface area contributed by atoms with Gasteiger partial charge < -0.3 is 10.1 Å². The summed E-state index contributed by atoms with van der Waals surface area (Å²) >= 11 is 6.03. The van der Waals surface area contributed by atoms with E-state index in [4.69, 9.17) is 16.3 Å². The van der Waals surface area contributed by atoms with E-state index in [1.165, 1.54) is 0 Å². The highest BCUT2D eigenvalue weighted by atomic mass is 35.5. The number of hydrogen-bond donors (Lipinski definition) is 1. The molecule has 0 atom stereocenters. The number of para-hydroxylation sites is 1. The van der Waals surface area contributed by atoms with E-state index in [1.54, 1.807) is 18.2 Å². The Hall–Kier alpha value is -1.81. The summed E-state index contributed by atoms with van der Waals surface area (Å²) in [6.07, 6.45) is 0. The van der Waals surface area contributed by atoms with Gasteiger partial charge in [-0.15, -0.1) is 0 Å². The van der Waals surface area contributed by atoms with Crippen LogP contribution in [0.1, 0.15) is 12.7 Å². The monoisotopic (exact) mass is 263 g/mol. The van der Waals surface area contributed by atoms with Gasteiger partial charge in [0.05, 0.1) is 5.02 Å². The summed E-state index contributed by atoms with van der Waals surface area (Å²) in [6, 6.07) is 9.04. The van der Waals surface area contributed by atoms with Crippen LogP contribution in [-0.2, 0) is 0 Å². The lowest BCUT2D eigenvalue weighted by atomic mass is 10.3. The summed E-state index contributed by atoms with van der Waals surface area (Å²) in [5.74, 6) is 2.45. The molecule has 1 aromatic carbocycles. The minimum atomic E-state index is 0.478. The van der Waals surface area contributed by atoms with Crippen LogP contribution >= 0.6 is 11.6 Å². The Morgan fingerprint density at radius 2 is 2.06 bits per heavy atom. The fourth-order valence-electron chi connectivity index (χ4n) is 1.50. The van der Waals surface area contributed by atoms with Gasteiger partial charge in [-0.3, -0.25) is 0 Å². The van der Waals surface area contributed by atoms with Gasteiger partial charge in [-0.2, -0.15) is 4.98 Å². The molecule has 0 saturated carbocycles. The molecule has 1 N–H and O–H groups in total. The molecule has 0 unspecified atom stereocenters. The van der Waals surface area contributed by atoms with Crippen LogP contribution in [0.15, 0.2) is 30.3 Å². The van der Waals surface area contributed by atoms with Gasteiger partial charge in [-0.1, -0.05) is 23.7 Å². The Bertz CT molecular complexity index is 546. The second-order valence-corrected chi connectivity index (χ2v) is 4.11. The maximum Gasteiger partial charge on any atom is 0.224 e. The van der Waals surface area contributed by atoms with E-state index >= 15 is 0 Å². The standard InChI is InChI=1S/C13H14ClN3O/c1-3-15-12-8-13(17-9(2)16-12)18-11-7-5-4-6-10(11)14/h4-8H,3H2,1-2H3,(H,15,16,17). The number of aromatic nitrogens is 2. The quantitative estimate of drug-likeness (QED) is 0.914. The predicted octanol–water partition coefficient (Wildman–Crippen LogP) is 3.66. The molecule has 1 heterocycles. The topological polar surface area (TPSA) is 47.0 Å². The predicted molar refractivity (Wildman–Crippen MR) is 72.5 cm³/mol. The number of nitrogens with zero attached hydrogens (tertiary/aromatic N) is 2. The zero-order valence-corrected chi connectivity index (χ0v) is 11.0. The van der Waals surface area contributed by atoms with Crippen LogP contribution in [0.2, 0.25) is 5.02 Å². The number of anilines is 1. The summed E-state index contributed by atoms with van der Waals surface area (Å²) in [5, 5.41) is 3.68. The summed E-state index contributed by atoms with van der Waals surface area (Å²) in [4.78, 5) is 8.47. The SMILES string of the molecule is CCNc1cc(Oc2ccccc2Cl)nc(C)n1. The van der Waals surface area contributed by atoms with Crippen molar-refractivity contribution in [1.82, 2.24) is 9.97 Å². The molecule has 0 aliphatic carbocycles. The largest absolute Gasteiger partial charge is 0.437 e. The summed E-state index contributed by atoms with van der Waals surface area (Å²) in [5.41, 5.74) is 0. The first-order valence-electron chi connectivity index (χ1n) is 5.71. The van der Waals surface area contributed by atoms with Gasteiger partial charge in [-0.05, 0) is 26.0 Å². The normalized spacial score (nSPS) is 10.2. The molecule has 0 radical (unpaired) electrons. The molecule has 94 valence electrons. The molecule has 2 rings (SSSR count). The van der Waals surface area contributed by atoms with Crippen LogP contribution in [0.5, 0.6) is 11.6 Å². The summed E-state index contributed by atoms with van der Waals surface area (Å²) < 4.78 is 5.65. The third-order valence-corrected chi connectivity index (χ3v) is 2.54. The van der Waals surface area contributed by atoms with Gasteiger partial charge in [0.15, 0.2) is 0 Å². The molecule has 0 saturated heterocycles. The van der Waals surface area contributed by atoms with Crippen molar-refractivity contribution in [1.29, 1.82) is 0 Å². The second kappa shape index (κ2) is 5.69. The summed E-state index contributed by atoms with van der Waals surface area (Å²) in [6.45, 7) is 4.62. The average molecular weight is 264 g/mol. The second-order valence-electron chi connectivity index (χ2n) is 3.70. The molecule has 2 aromatic rings. The van der Waals surface area contributed by atoms with Crippen LogP contribution in [-0.4, -0.2) is 16.5 Å². The first kappa shape index (κ1) is 12.6. The lowest BCUT2D eigenvalue weighted by molar-refractivity contribution is 0.460. The van der Waals surface area contributed by atoms with E-state index in [1.807, 2.05) is 26.0 Å². The van der Waals surface area contributed by atoms with E-state index in [2.05, 4.69) is 15.3 Å². The average Bonchev–Trinajstić information content (AvgIpc) is 2.32. The van der Waals surface area contributed by atoms with Crippen LogP contribution in [0.25, 0.3) is 0 Å². The Kier molecular flexibility index (Phi) is 3.99. The Labute approximate surface area is 111 Å². The Balaban J connectivity index is 2.26. The maximum atomic E-state index is 6.03. The number of hydrogen-bond acceptors (Lipinski definition) is 4. The lowest BCUT2D eigenvalue weighted by Gasteiger charge is -2.09. The molecule has 0 fully saturated rings. The third kappa shape index (κ3) is 3.11. The van der Waals surface area contributed by atoms with Crippen molar-refractivity contribution in [2.24, 2.45) is 0 Å². The maximum absolute atomic E-state index is 6.03. The molecule has 18 heavy (non-hydrogen) atoms. The van der Waals surface area contributed by atoms with Gasteiger partial charge in [0.2, 0.25) is 5.88 Å². The smallest absolute Gasteiger partial charge is 0.224 e. The van der Waals surface area contributed by atoms with E-state index in [9.17, 15) is 0 Å². The van der Waals surface area contributed by atoms with Crippen LogP contribution in [0.3, 0.4) is 0 Å². The van der Waals surface area contributed by atoms with Crippen molar-refractivity contribution in [3.63, 3.8) is 0 Å². The molecular formula is C13H14ClN3O. The molecule has 0 bridgehead atoms. The van der Waals surface area contributed by atoms with E-state index < -0.39 is 0 Å². The van der Waals surface area contributed by atoms with Gasteiger partial charge in [0.25, 0.3) is 0 Å². The molecule has 5 heteroatoms. The molecule has 0 aliphatic rings. The molecular weight excluding hydrogens is 250 g/mol. The minimum Gasteiger partial charge on any atom is -0.437 e. The lowest BCUT2D eigenvalue weighted by Crippen LogP contribution is -2.02. The number of ether oxygens (including phenoxy) is 1. The Morgan fingerprint density at radius 3 is 2.78 bits per heavy atom. The number of nitrogens with one attached hydrogen (secondary N) is 1. The highest BCUT2D eigenvalue weighted by Gasteiger charge is 2.06. The Morgan fingerprint density at radius 1 is 1.28 bits per heavy atom. The van der Waals surface area contributed by atoms with Gasteiger partial charge in [-0.25, -0.2) is 4.98 Å². The van der Waals surface area contributed by atoms with Crippen molar-refractivity contribution >= 4 is 17.4 Å². The van der Waals surface area contributed by atoms with Gasteiger partial charge in [0.1, 0.15) is 17.4 Å². The van der Waals surface area contributed by atoms with Crippen molar-refractivity contribution in [2.45, 2.75) is 13.8 Å². The van der Waals surface area contributed by atoms with E-state index in [0.717, 1.165) is 12.4 Å². The van der Waals surface area contributed by atoms with Gasteiger partial charge >= 0.3 is 0 Å². The van der Waals surface area contributed by atoms with Gasteiger partial charge in [0, 0.05) is 12.6 Å². The highest BCUT2D eigenvalue weighted by molar-refractivity contribution is 6.32. The van der Waals surface area contributed by atoms with Crippen molar-refractivity contribution < 1.29 is 4.74 Å². The zero-order valence-electron chi connectivity index (χ0n) is 10.3. The highest BCUT2D eigenvalue weighted by Crippen LogP contribution is 2.28. The van der Waals surface area contributed by atoms with Crippen molar-refractivity contribution in [3.05, 3.63) is 41.2 Å². The number of benzene rings is 1. The first-order valence-corrected chi connectivity index (χ1v) is 6.08. The number of halogens is 1. The fourth-order valence-corrected chi connectivity index (χ4v) is 1.68. The molecule has 0 amide bonds. The van der Waals surface area contributed by atoms with Crippen molar-refractivity contribution in [3.8, 4) is 11.6 Å². The molecule has 0 spiro atoms. The van der Waals surface area contributed by atoms with Crippen LogP contribution in [0, 0.1) is 6.92 Å². The zero-order chi connectivity index (χ0) is 13.0. The first-order chi connectivity index (χ1) is 8.69. The number of rotatable bonds is 4. The third-order valence-electron chi connectivity index (χ3n) is 2.22. The van der Waals surface area contributed by atoms with Crippen LogP contribution in [0.4, 0.5) is 5.82 Å². The molecule has 1 aromatic heterocycles. The van der Waals surface area contributed by atoms with Crippen LogP contribution < -0.4 is 10.1 Å². The van der Waals surface area contributed by atoms with Crippen molar-refractivity contribution in [2.75, 3.05) is 11.9 Å².